The molecule has 8 atom stereocenters. The molecule has 0 bridgehead atoms. The second kappa shape index (κ2) is 14.1. The molecule has 2 heterocycles. The zero-order valence-electron chi connectivity index (χ0n) is 22.2. The summed E-state index contributed by atoms with van der Waals surface area (Å²) in [7, 11) is 0. The van der Waals surface area contributed by atoms with E-state index in [0.717, 1.165) is 0 Å². The number of halogens is 2. The van der Waals surface area contributed by atoms with Gasteiger partial charge in [0, 0.05) is 6.54 Å². The van der Waals surface area contributed by atoms with E-state index in [1.807, 2.05) is 6.92 Å². The van der Waals surface area contributed by atoms with Crippen molar-refractivity contribution in [2.45, 2.75) is 80.2 Å². The zero-order valence-corrected chi connectivity index (χ0v) is 23.7. The van der Waals surface area contributed by atoms with Gasteiger partial charge in [0.25, 0.3) is 0 Å². The maximum Gasteiger partial charge on any atom is 0.245 e. The maximum absolute atomic E-state index is 13.6. The summed E-state index contributed by atoms with van der Waals surface area (Å²) in [6.07, 6.45) is -0.896. The summed E-state index contributed by atoms with van der Waals surface area (Å²) in [5.41, 5.74) is 0.581. The van der Waals surface area contributed by atoms with Gasteiger partial charge < -0.3 is 36.4 Å². The first-order chi connectivity index (χ1) is 19.0. The predicted molar refractivity (Wildman–Crippen MR) is 146 cm³/mol. The minimum atomic E-state index is -1.55. The molecule has 40 heavy (non-hydrogen) atoms. The number of hydrogen-bond donors (Lipinski definition) is 6. The Morgan fingerprint density at radius 3 is 2.23 bits per heavy atom. The van der Waals surface area contributed by atoms with Crippen LogP contribution in [0.25, 0.3) is 0 Å². The minimum absolute atomic E-state index is 0.0798. The Kier molecular flexibility index (Phi) is 11.1. The third-order valence-electron chi connectivity index (χ3n) is 6.90. The van der Waals surface area contributed by atoms with E-state index in [-0.39, 0.29) is 19.4 Å². The van der Waals surface area contributed by atoms with Gasteiger partial charge in [0.2, 0.25) is 29.5 Å². The van der Waals surface area contributed by atoms with Crippen LogP contribution >= 0.6 is 23.2 Å². The summed E-state index contributed by atoms with van der Waals surface area (Å²) in [5, 5.41) is 28.5. The lowest BCUT2D eigenvalue weighted by molar-refractivity contribution is -0.143. The van der Waals surface area contributed by atoms with Gasteiger partial charge in [0.05, 0.1) is 35.9 Å². The van der Waals surface area contributed by atoms with Crippen molar-refractivity contribution in [1.82, 2.24) is 26.2 Å². The zero-order chi connectivity index (χ0) is 29.6. The summed E-state index contributed by atoms with van der Waals surface area (Å²) in [4.78, 5) is 67.5. The number of fused-ring (bicyclic) bond motifs is 1. The Labute approximate surface area is 242 Å². The first-order valence-corrected chi connectivity index (χ1v) is 14.0. The van der Waals surface area contributed by atoms with Crippen LogP contribution in [0.1, 0.15) is 44.7 Å². The van der Waals surface area contributed by atoms with Crippen molar-refractivity contribution < 1.29 is 34.2 Å². The van der Waals surface area contributed by atoms with Gasteiger partial charge in [0.15, 0.2) is 0 Å². The van der Waals surface area contributed by atoms with Crippen LogP contribution in [-0.2, 0) is 24.0 Å². The van der Waals surface area contributed by atoms with Crippen molar-refractivity contribution >= 4 is 52.7 Å². The number of rotatable bonds is 5. The summed E-state index contributed by atoms with van der Waals surface area (Å²) < 4.78 is 0. The van der Waals surface area contributed by atoms with Crippen molar-refractivity contribution in [3.63, 3.8) is 0 Å². The third-order valence-corrected chi connectivity index (χ3v) is 7.98. The van der Waals surface area contributed by atoms with E-state index in [4.69, 9.17) is 23.2 Å². The SMILES string of the molecule is CCC[C@@H]1NC(=O)C[C@H](c2ccccc2)NC(=O)[C@H](CO)NC(=O)[C@H]([C@H](C)O)NC(=O)[C@@H]2[C@H](Cl)[C@H](Cl)CN2C1=O. The van der Waals surface area contributed by atoms with Crippen LogP contribution < -0.4 is 21.3 Å². The molecule has 0 saturated carbocycles. The van der Waals surface area contributed by atoms with E-state index in [9.17, 15) is 34.2 Å². The van der Waals surface area contributed by atoms with Crippen LogP contribution in [0.3, 0.4) is 0 Å². The van der Waals surface area contributed by atoms with Gasteiger partial charge in [-0.15, -0.1) is 23.2 Å². The predicted octanol–water partition coefficient (Wildman–Crippen LogP) is -0.699. The molecule has 2 saturated heterocycles. The fourth-order valence-electron chi connectivity index (χ4n) is 4.78. The van der Waals surface area contributed by atoms with Crippen molar-refractivity contribution in [3.05, 3.63) is 35.9 Å². The van der Waals surface area contributed by atoms with Gasteiger partial charge in [-0.25, -0.2) is 0 Å². The minimum Gasteiger partial charge on any atom is -0.394 e. The Morgan fingerprint density at radius 1 is 0.950 bits per heavy atom. The highest BCUT2D eigenvalue weighted by Crippen LogP contribution is 2.29. The van der Waals surface area contributed by atoms with Crippen LogP contribution in [0.2, 0.25) is 0 Å². The second-order valence-electron chi connectivity index (χ2n) is 9.95. The summed E-state index contributed by atoms with van der Waals surface area (Å²) in [5.74, 6) is -3.71. The van der Waals surface area contributed by atoms with Crippen LogP contribution in [0.4, 0.5) is 0 Å². The van der Waals surface area contributed by atoms with Crippen LogP contribution in [0.5, 0.6) is 0 Å². The molecule has 5 amide bonds. The molecule has 1 aromatic rings. The number of nitrogens with one attached hydrogen (secondary N) is 4. The van der Waals surface area contributed by atoms with Gasteiger partial charge in [-0.1, -0.05) is 43.7 Å². The molecular formula is C26H35Cl2N5O7. The maximum atomic E-state index is 13.6. The lowest BCUT2D eigenvalue weighted by Gasteiger charge is -2.32. The van der Waals surface area contributed by atoms with E-state index in [2.05, 4.69) is 21.3 Å². The van der Waals surface area contributed by atoms with E-state index in [1.54, 1.807) is 30.3 Å². The highest BCUT2D eigenvalue weighted by Gasteiger charge is 2.49. The molecule has 220 valence electrons. The van der Waals surface area contributed by atoms with E-state index in [0.29, 0.717) is 12.0 Å². The van der Waals surface area contributed by atoms with Gasteiger partial charge in [0.1, 0.15) is 24.2 Å². The fraction of sp³-hybridized carbons (Fsp3) is 0.577. The number of amides is 5. The van der Waals surface area contributed by atoms with Gasteiger partial charge in [-0.2, -0.15) is 0 Å². The first kappa shape index (κ1) is 31.6. The van der Waals surface area contributed by atoms with Crippen molar-refractivity contribution in [3.8, 4) is 0 Å². The molecule has 0 unspecified atom stereocenters. The molecule has 6 N–H and O–H groups in total. The Balaban J connectivity index is 2.04. The quantitative estimate of drug-likeness (QED) is 0.242. The van der Waals surface area contributed by atoms with Gasteiger partial charge in [-0.05, 0) is 18.9 Å². The fourth-order valence-corrected chi connectivity index (χ4v) is 5.40. The smallest absolute Gasteiger partial charge is 0.245 e. The number of carbonyl (C=O) groups excluding carboxylic acids is 5. The Hall–Kier alpha value is -2.93. The van der Waals surface area contributed by atoms with E-state index in [1.165, 1.54) is 11.8 Å². The molecule has 1 aromatic carbocycles. The molecule has 0 spiro atoms. The topological polar surface area (TPSA) is 177 Å². The normalized spacial score (nSPS) is 31.5. The Bertz CT molecular complexity index is 1090. The van der Waals surface area contributed by atoms with E-state index >= 15 is 0 Å². The van der Waals surface area contributed by atoms with Crippen LogP contribution in [-0.4, -0.2) is 98.8 Å². The van der Waals surface area contributed by atoms with Crippen molar-refractivity contribution in [2.24, 2.45) is 0 Å². The lowest BCUT2D eigenvalue weighted by Crippen LogP contribution is -2.62. The highest BCUT2D eigenvalue weighted by atomic mass is 35.5. The molecule has 0 aromatic heterocycles. The summed E-state index contributed by atoms with van der Waals surface area (Å²) in [6, 6.07) is 2.42. The van der Waals surface area contributed by atoms with Gasteiger partial charge in [-0.3, -0.25) is 24.0 Å². The number of carbonyl (C=O) groups is 5. The largest absolute Gasteiger partial charge is 0.394 e. The highest BCUT2D eigenvalue weighted by molar-refractivity contribution is 6.32. The van der Waals surface area contributed by atoms with Gasteiger partial charge >= 0.3 is 0 Å². The molecule has 3 rings (SSSR count). The molecule has 2 fully saturated rings. The van der Waals surface area contributed by atoms with Crippen LogP contribution in [0.15, 0.2) is 30.3 Å². The number of aliphatic hydroxyl groups is 2. The number of benzene rings is 1. The molecule has 14 heteroatoms. The Morgan fingerprint density at radius 2 is 1.62 bits per heavy atom. The van der Waals surface area contributed by atoms with Crippen molar-refractivity contribution in [1.29, 1.82) is 0 Å². The number of hydrogen-bond acceptors (Lipinski definition) is 7. The standard InChI is InChI=1S/C26H35Cl2N5O7/c1-3-7-16-26(40)33-11-15(27)20(28)22(33)25(39)32-21(13(2)35)24(38)31-18(12-34)23(37)30-17(10-19(36)29-16)14-8-5-4-6-9-14/h4-6,8-9,13,15-18,20-22,34-35H,3,7,10-12H2,1-2H3,(H,29,36)(H,30,37)(H,31,38)(H,32,39)/t13-,15+,16-,17+,18-,20+,21-,22-/m0/s1. The third kappa shape index (κ3) is 7.42. The molecule has 12 nitrogen and oxygen atoms in total. The monoisotopic (exact) mass is 599 g/mol. The first-order valence-electron chi connectivity index (χ1n) is 13.1. The molecule has 0 aliphatic carbocycles. The van der Waals surface area contributed by atoms with E-state index < -0.39 is 83.2 Å². The molecule has 2 aliphatic heterocycles. The second-order valence-corrected chi connectivity index (χ2v) is 11.0. The molecule has 0 radical (unpaired) electrons. The summed E-state index contributed by atoms with van der Waals surface area (Å²) >= 11 is 12.8. The number of alkyl halides is 2. The molecular weight excluding hydrogens is 565 g/mol. The average Bonchev–Trinajstić information content (AvgIpc) is 3.22. The molecule has 2 aliphatic rings. The lowest BCUT2D eigenvalue weighted by atomic mass is 10.0. The van der Waals surface area contributed by atoms with Crippen molar-refractivity contribution in [2.75, 3.05) is 13.2 Å². The summed E-state index contributed by atoms with van der Waals surface area (Å²) in [6.45, 7) is 2.21. The number of nitrogens with zero attached hydrogens (tertiary/aromatic N) is 1. The number of aliphatic hydroxyl groups excluding tert-OH is 2. The van der Waals surface area contributed by atoms with Crippen LogP contribution in [0, 0.1) is 0 Å². The average molecular weight is 600 g/mol.